The van der Waals surface area contributed by atoms with Gasteiger partial charge in [-0.25, -0.2) is 0 Å². The summed E-state index contributed by atoms with van der Waals surface area (Å²) in [6.45, 7) is 0. The van der Waals surface area contributed by atoms with Gasteiger partial charge in [0.15, 0.2) is 0 Å². The number of hydrogen-bond acceptors (Lipinski definition) is 1. The first kappa shape index (κ1) is 9.81. The van der Waals surface area contributed by atoms with Gasteiger partial charge in [-0.15, -0.1) is 0 Å². The monoisotopic (exact) mass is 274 g/mol. The van der Waals surface area contributed by atoms with Crippen molar-refractivity contribution in [2.24, 2.45) is 23.2 Å². The molecule has 78 valence electrons. The van der Waals surface area contributed by atoms with Crippen LogP contribution in [-0.4, -0.2) is 18.7 Å². The van der Waals surface area contributed by atoms with E-state index in [0.717, 1.165) is 17.8 Å². The van der Waals surface area contributed by atoms with Crippen LogP contribution in [0.2, 0.25) is 5.82 Å². The maximum absolute atomic E-state index is 5.67. The maximum atomic E-state index is 5.67. The molecule has 0 saturated heterocycles. The molecule has 2 heteroatoms. The van der Waals surface area contributed by atoms with Crippen molar-refractivity contribution in [2.45, 2.75) is 44.3 Å². The Kier molecular flexibility index (Phi) is 2.31. The van der Waals surface area contributed by atoms with E-state index in [9.17, 15) is 0 Å². The van der Waals surface area contributed by atoms with Crippen LogP contribution in [0.4, 0.5) is 0 Å². The van der Waals surface area contributed by atoms with Crippen molar-refractivity contribution in [1.82, 2.24) is 0 Å². The molecule has 0 unspecified atom stereocenters. The summed E-state index contributed by atoms with van der Waals surface area (Å²) in [6, 6.07) is 0. The molecule has 14 heavy (non-hydrogen) atoms. The Morgan fingerprint density at radius 1 is 1.07 bits per heavy atom. The topological polar surface area (TPSA) is 0 Å². The van der Waals surface area contributed by atoms with Crippen LogP contribution in [0.5, 0.6) is 0 Å². The van der Waals surface area contributed by atoms with E-state index in [1.165, 1.54) is 42.3 Å². The van der Waals surface area contributed by atoms with Crippen LogP contribution in [0.3, 0.4) is 0 Å². The van der Waals surface area contributed by atoms with Gasteiger partial charge in [0.2, 0.25) is 0 Å². The molecule has 0 amide bonds. The minimum atomic E-state index is 0.568. The molecule has 0 aromatic rings. The quantitative estimate of drug-likeness (QED) is 0.549. The van der Waals surface area contributed by atoms with Gasteiger partial charge in [0.05, 0.1) is 0 Å². The first-order chi connectivity index (χ1) is 6.72. The molecule has 0 N–H and O–H groups in total. The molecule has 0 aromatic carbocycles. The van der Waals surface area contributed by atoms with Crippen LogP contribution in [0, 0.1) is 23.2 Å². The SMILES string of the molecule is C[Se]C(=S)C12CC3CC(CC(C3)C1)C2. The van der Waals surface area contributed by atoms with E-state index in [2.05, 4.69) is 5.82 Å². The normalized spacial score (nSPS) is 49.6. The van der Waals surface area contributed by atoms with Gasteiger partial charge >= 0.3 is 98.5 Å². The van der Waals surface area contributed by atoms with E-state index in [0.29, 0.717) is 20.4 Å². The van der Waals surface area contributed by atoms with Crippen LogP contribution in [-0.2, 0) is 0 Å². The van der Waals surface area contributed by atoms with E-state index in [-0.39, 0.29) is 0 Å². The number of thiocarbonyl (C=S) groups is 1. The van der Waals surface area contributed by atoms with E-state index < -0.39 is 0 Å². The standard InChI is InChI=1S/C12H18SSe/c1-14-11(13)12-5-8-2-9(6-12)4-10(3-8)7-12/h8-10H,2-7H2,1H3. The predicted octanol–water partition coefficient (Wildman–Crippen LogP) is 3.28. The molecular weight excluding hydrogens is 255 g/mol. The van der Waals surface area contributed by atoms with Crippen LogP contribution >= 0.6 is 12.2 Å². The van der Waals surface area contributed by atoms with Gasteiger partial charge in [-0.2, -0.15) is 0 Å². The summed E-state index contributed by atoms with van der Waals surface area (Å²) in [6.07, 6.45) is 9.02. The molecule has 4 fully saturated rings. The van der Waals surface area contributed by atoms with Crippen molar-refractivity contribution in [3.05, 3.63) is 0 Å². The molecular formula is C12H18SSe. The zero-order chi connectivity index (χ0) is 9.76. The Labute approximate surface area is 98.4 Å². The Balaban J connectivity index is 1.91. The average Bonchev–Trinajstić information content (AvgIpc) is 2.14. The van der Waals surface area contributed by atoms with E-state index in [1.807, 2.05) is 0 Å². The van der Waals surface area contributed by atoms with Crippen LogP contribution < -0.4 is 0 Å². The fourth-order valence-electron chi connectivity index (χ4n) is 4.58. The van der Waals surface area contributed by atoms with E-state index in [4.69, 9.17) is 12.2 Å². The van der Waals surface area contributed by atoms with Gasteiger partial charge in [0, 0.05) is 0 Å². The molecule has 0 heterocycles. The Bertz CT molecular complexity index is 236. The fourth-order valence-corrected chi connectivity index (χ4v) is 6.26. The fraction of sp³-hybridized carbons (Fsp3) is 0.917. The summed E-state index contributed by atoms with van der Waals surface area (Å²) in [5, 5.41) is 0. The van der Waals surface area contributed by atoms with E-state index >= 15 is 0 Å². The Morgan fingerprint density at radius 2 is 1.50 bits per heavy atom. The zero-order valence-corrected chi connectivity index (χ0v) is 11.3. The summed E-state index contributed by atoms with van der Waals surface area (Å²) in [5.74, 6) is 5.48. The summed E-state index contributed by atoms with van der Waals surface area (Å²) < 4.78 is 1.48. The van der Waals surface area contributed by atoms with Gasteiger partial charge < -0.3 is 0 Å². The van der Waals surface area contributed by atoms with Gasteiger partial charge in [0.25, 0.3) is 0 Å². The molecule has 4 saturated carbocycles. The predicted molar refractivity (Wildman–Crippen MR) is 64.8 cm³/mol. The zero-order valence-electron chi connectivity index (χ0n) is 8.79. The van der Waals surface area contributed by atoms with Crippen molar-refractivity contribution in [1.29, 1.82) is 0 Å². The van der Waals surface area contributed by atoms with Gasteiger partial charge in [-0.1, -0.05) is 0 Å². The van der Waals surface area contributed by atoms with Crippen LogP contribution in [0.1, 0.15) is 38.5 Å². The third-order valence-corrected chi connectivity index (χ3v) is 7.64. The average molecular weight is 273 g/mol. The summed E-state index contributed by atoms with van der Waals surface area (Å²) in [5.41, 5.74) is 0.568. The number of hydrogen-bond donors (Lipinski definition) is 0. The van der Waals surface area contributed by atoms with Crippen LogP contribution in [0.15, 0.2) is 0 Å². The molecule has 0 spiro atoms. The Morgan fingerprint density at radius 3 is 1.86 bits per heavy atom. The molecule has 4 aliphatic rings. The number of rotatable bonds is 2. The van der Waals surface area contributed by atoms with Crippen molar-refractivity contribution in [3.63, 3.8) is 0 Å². The molecule has 0 atom stereocenters. The van der Waals surface area contributed by atoms with Crippen molar-refractivity contribution < 1.29 is 0 Å². The summed E-state index contributed by atoms with van der Waals surface area (Å²) >= 11 is 6.29. The molecule has 0 aliphatic heterocycles. The molecule has 0 radical (unpaired) electrons. The van der Waals surface area contributed by atoms with E-state index in [1.54, 1.807) is 0 Å². The second-order valence-electron chi connectivity index (χ2n) is 5.69. The third-order valence-electron chi connectivity index (χ3n) is 4.66. The van der Waals surface area contributed by atoms with Crippen molar-refractivity contribution in [3.8, 4) is 0 Å². The van der Waals surface area contributed by atoms with Gasteiger partial charge in [-0.3, -0.25) is 0 Å². The third kappa shape index (κ3) is 1.34. The second kappa shape index (κ2) is 3.30. The van der Waals surface area contributed by atoms with Crippen molar-refractivity contribution >= 4 is 30.9 Å². The van der Waals surface area contributed by atoms with Crippen molar-refractivity contribution in [2.75, 3.05) is 0 Å². The minimum absolute atomic E-state index is 0.568. The molecule has 0 aromatic heterocycles. The Hall–Kier alpha value is 0.609. The first-order valence-electron chi connectivity index (χ1n) is 5.80. The molecule has 4 rings (SSSR count). The summed E-state index contributed by atoms with van der Waals surface area (Å²) in [7, 11) is 0. The van der Waals surface area contributed by atoms with Gasteiger partial charge in [-0.05, 0) is 0 Å². The van der Waals surface area contributed by atoms with Crippen LogP contribution in [0.25, 0.3) is 0 Å². The summed E-state index contributed by atoms with van der Waals surface area (Å²) in [4.78, 5) is 0. The molecule has 4 bridgehead atoms. The second-order valence-corrected chi connectivity index (χ2v) is 8.39. The molecule has 4 aliphatic carbocycles. The first-order valence-corrected chi connectivity index (χ1v) is 8.78. The van der Waals surface area contributed by atoms with Gasteiger partial charge in [0.1, 0.15) is 0 Å². The molecule has 0 nitrogen and oxygen atoms in total.